The third kappa shape index (κ3) is 4.33. The molecule has 0 aliphatic heterocycles. The summed E-state index contributed by atoms with van der Waals surface area (Å²) in [4.78, 5) is 21.4. The number of ether oxygens (including phenoxy) is 1. The van der Waals surface area contributed by atoms with Gasteiger partial charge >= 0.3 is 0 Å². The Bertz CT molecular complexity index is 1140. The molecule has 1 unspecified atom stereocenters. The molecule has 0 saturated heterocycles. The van der Waals surface area contributed by atoms with Crippen LogP contribution in [0.4, 0.5) is 0 Å². The molecule has 1 amide bonds. The SMILES string of the molecule is Cc1ccc(OCCn2c(C(C)NC(=O)c3ccccn3)nc3ccccc32)cc1. The predicted molar refractivity (Wildman–Crippen MR) is 117 cm³/mol. The number of carbonyl (C=O) groups is 1. The fourth-order valence-electron chi connectivity index (χ4n) is 3.38. The van der Waals surface area contributed by atoms with Gasteiger partial charge in [0.15, 0.2) is 0 Å². The van der Waals surface area contributed by atoms with E-state index < -0.39 is 0 Å². The van der Waals surface area contributed by atoms with E-state index in [-0.39, 0.29) is 11.9 Å². The van der Waals surface area contributed by atoms with Crippen LogP contribution < -0.4 is 10.1 Å². The molecule has 152 valence electrons. The molecule has 1 atom stereocenters. The van der Waals surface area contributed by atoms with Gasteiger partial charge < -0.3 is 14.6 Å². The molecule has 1 N–H and O–H groups in total. The first-order chi connectivity index (χ1) is 14.6. The quantitative estimate of drug-likeness (QED) is 0.502. The highest BCUT2D eigenvalue weighted by Crippen LogP contribution is 2.21. The van der Waals surface area contributed by atoms with Crippen LogP contribution in [0, 0.1) is 6.92 Å². The standard InChI is InChI=1S/C24H24N4O2/c1-17-10-12-19(13-11-17)30-16-15-28-22-9-4-3-7-20(22)27-23(28)18(2)26-24(29)21-8-5-6-14-25-21/h3-14,18H,15-16H2,1-2H3,(H,26,29). The van der Waals surface area contributed by atoms with Gasteiger partial charge in [0.1, 0.15) is 23.9 Å². The van der Waals surface area contributed by atoms with Crippen LogP contribution in [0.25, 0.3) is 11.0 Å². The van der Waals surface area contributed by atoms with Gasteiger partial charge in [-0.05, 0) is 50.2 Å². The van der Waals surface area contributed by atoms with Crippen molar-refractivity contribution in [2.45, 2.75) is 26.4 Å². The van der Waals surface area contributed by atoms with Crippen LogP contribution in [0.15, 0.2) is 72.9 Å². The van der Waals surface area contributed by atoms with E-state index in [9.17, 15) is 4.79 Å². The lowest BCUT2D eigenvalue weighted by atomic mass is 10.2. The molecule has 30 heavy (non-hydrogen) atoms. The van der Waals surface area contributed by atoms with Crippen LogP contribution in [0.2, 0.25) is 0 Å². The van der Waals surface area contributed by atoms with Gasteiger partial charge in [-0.1, -0.05) is 35.9 Å². The van der Waals surface area contributed by atoms with Crippen LogP contribution in [-0.4, -0.2) is 27.0 Å². The summed E-state index contributed by atoms with van der Waals surface area (Å²) in [5.74, 6) is 1.40. The molecule has 0 fully saturated rings. The molecular formula is C24H24N4O2. The second-order valence-electron chi connectivity index (χ2n) is 7.18. The van der Waals surface area contributed by atoms with Crippen molar-refractivity contribution in [1.82, 2.24) is 19.9 Å². The van der Waals surface area contributed by atoms with Crippen LogP contribution in [-0.2, 0) is 6.54 Å². The van der Waals surface area contributed by atoms with Gasteiger partial charge in [0.05, 0.1) is 23.6 Å². The van der Waals surface area contributed by atoms with Crippen molar-refractivity contribution >= 4 is 16.9 Å². The summed E-state index contributed by atoms with van der Waals surface area (Å²) in [6, 6.07) is 20.9. The minimum absolute atomic E-state index is 0.224. The van der Waals surface area contributed by atoms with Crippen LogP contribution in [0.5, 0.6) is 5.75 Å². The molecule has 0 spiro atoms. The number of rotatable bonds is 7. The van der Waals surface area contributed by atoms with Crippen molar-refractivity contribution in [3.63, 3.8) is 0 Å². The molecule has 4 rings (SSSR count). The summed E-state index contributed by atoms with van der Waals surface area (Å²) in [6.45, 7) is 5.10. The minimum atomic E-state index is -0.286. The fourth-order valence-corrected chi connectivity index (χ4v) is 3.38. The smallest absolute Gasteiger partial charge is 0.270 e. The number of imidazole rings is 1. The largest absolute Gasteiger partial charge is 0.492 e. The first-order valence-electron chi connectivity index (χ1n) is 9.98. The number of fused-ring (bicyclic) bond motifs is 1. The van der Waals surface area contributed by atoms with Gasteiger partial charge in [0, 0.05) is 6.20 Å². The van der Waals surface area contributed by atoms with E-state index in [2.05, 4.69) is 14.9 Å². The van der Waals surface area contributed by atoms with E-state index >= 15 is 0 Å². The molecule has 0 radical (unpaired) electrons. The lowest BCUT2D eigenvalue weighted by Crippen LogP contribution is -2.29. The van der Waals surface area contributed by atoms with E-state index in [4.69, 9.17) is 9.72 Å². The first-order valence-corrected chi connectivity index (χ1v) is 9.98. The van der Waals surface area contributed by atoms with Gasteiger partial charge in [-0.25, -0.2) is 4.98 Å². The fraction of sp³-hybridized carbons (Fsp3) is 0.208. The van der Waals surface area contributed by atoms with Gasteiger partial charge in [-0.2, -0.15) is 0 Å². The number of nitrogens with zero attached hydrogens (tertiary/aromatic N) is 3. The highest BCUT2D eigenvalue weighted by atomic mass is 16.5. The average molecular weight is 400 g/mol. The van der Waals surface area contributed by atoms with Gasteiger partial charge in [-0.15, -0.1) is 0 Å². The molecule has 0 aliphatic rings. The van der Waals surface area contributed by atoms with Gasteiger partial charge in [0.2, 0.25) is 0 Å². The number of hydrogen-bond acceptors (Lipinski definition) is 4. The molecule has 6 nitrogen and oxygen atoms in total. The topological polar surface area (TPSA) is 69.0 Å². The highest BCUT2D eigenvalue weighted by molar-refractivity contribution is 5.92. The summed E-state index contributed by atoms with van der Waals surface area (Å²) in [5.41, 5.74) is 3.48. The Morgan fingerprint density at radius 3 is 2.60 bits per heavy atom. The minimum Gasteiger partial charge on any atom is -0.492 e. The van der Waals surface area contributed by atoms with Crippen LogP contribution >= 0.6 is 0 Å². The van der Waals surface area contributed by atoms with E-state index in [1.807, 2.05) is 62.4 Å². The van der Waals surface area contributed by atoms with E-state index in [0.717, 1.165) is 22.6 Å². The normalized spacial score (nSPS) is 11.9. The third-order valence-electron chi connectivity index (χ3n) is 4.92. The number of aromatic nitrogens is 3. The lowest BCUT2D eigenvalue weighted by Gasteiger charge is -2.16. The molecule has 6 heteroatoms. The van der Waals surface area contributed by atoms with Crippen LogP contribution in [0.1, 0.15) is 34.8 Å². The van der Waals surface area contributed by atoms with Crippen molar-refractivity contribution in [2.24, 2.45) is 0 Å². The maximum Gasteiger partial charge on any atom is 0.270 e. The average Bonchev–Trinajstić information content (AvgIpc) is 3.14. The summed E-state index contributed by atoms with van der Waals surface area (Å²) < 4.78 is 8.03. The Labute approximate surface area is 175 Å². The number of amides is 1. The van der Waals surface area contributed by atoms with Crippen molar-refractivity contribution < 1.29 is 9.53 Å². The summed E-state index contributed by atoms with van der Waals surface area (Å²) >= 11 is 0. The van der Waals surface area contributed by atoms with Crippen molar-refractivity contribution in [2.75, 3.05) is 6.61 Å². The second-order valence-corrected chi connectivity index (χ2v) is 7.18. The highest BCUT2D eigenvalue weighted by Gasteiger charge is 2.19. The molecule has 4 aromatic rings. The Morgan fingerprint density at radius 2 is 1.83 bits per heavy atom. The maximum atomic E-state index is 12.5. The number of pyridine rings is 1. The lowest BCUT2D eigenvalue weighted by molar-refractivity contribution is 0.0932. The molecule has 2 aromatic heterocycles. The van der Waals surface area contributed by atoms with Crippen molar-refractivity contribution in [1.29, 1.82) is 0 Å². The molecule has 0 aliphatic carbocycles. The predicted octanol–water partition coefficient (Wildman–Crippen LogP) is 4.31. The van der Waals surface area contributed by atoms with Crippen molar-refractivity contribution in [3.05, 3.63) is 90.0 Å². The van der Waals surface area contributed by atoms with E-state index in [1.54, 1.807) is 24.4 Å². The Balaban J connectivity index is 1.53. The zero-order valence-electron chi connectivity index (χ0n) is 17.1. The number of benzene rings is 2. The number of aryl methyl sites for hydroxylation is 1. The van der Waals surface area contributed by atoms with Gasteiger partial charge in [-0.3, -0.25) is 9.78 Å². The summed E-state index contributed by atoms with van der Waals surface area (Å²) in [7, 11) is 0. The first kappa shape index (κ1) is 19.6. The summed E-state index contributed by atoms with van der Waals surface area (Å²) in [5, 5.41) is 3.00. The maximum absolute atomic E-state index is 12.5. The molecule has 0 saturated carbocycles. The zero-order chi connectivity index (χ0) is 20.9. The number of nitrogens with one attached hydrogen (secondary N) is 1. The number of para-hydroxylation sites is 2. The third-order valence-corrected chi connectivity index (χ3v) is 4.92. The van der Waals surface area contributed by atoms with E-state index in [1.165, 1.54) is 5.56 Å². The molecule has 2 heterocycles. The molecule has 0 bridgehead atoms. The number of carbonyl (C=O) groups excluding carboxylic acids is 1. The second kappa shape index (κ2) is 8.78. The Hall–Kier alpha value is -3.67. The van der Waals surface area contributed by atoms with Crippen molar-refractivity contribution in [3.8, 4) is 5.75 Å². The molecular weight excluding hydrogens is 376 g/mol. The number of hydrogen-bond donors (Lipinski definition) is 1. The summed E-state index contributed by atoms with van der Waals surface area (Å²) in [6.07, 6.45) is 1.61. The van der Waals surface area contributed by atoms with Crippen LogP contribution in [0.3, 0.4) is 0 Å². The monoisotopic (exact) mass is 400 g/mol. The molecule has 2 aromatic carbocycles. The Morgan fingerprint density at radius 1 is 1.07 bits per heavy atom. The zero-order valence-corrected chi connectivity index (χ0v) is 17.1. The van der Waals surface area contributed by atoms with Gasteiger partial charge in [0.25, 0.3) is 5.91 Å². The van der Waals surface area contributed by atoms with E-state index in [0.29, 0.717) is 18.8 Å². The Kier molecular flexibility index (Phi) is 5.75.